The van der Waals surface area contributed by atoms with Crippen LogP contribution in [0.2, 0.25) is 0 Å². The number of rotatable bonds is 7. The predicted octanol–water partition coefficient (Wildman–Crippen LogP) is 18.3. The lowest BCUT2D eigenvalue weighted by atomic mass is 9.74. The monoisotopic (exact) mass is 1340 g/mol. The number of hydrogen-bond donors (Lipinski definition) is 0. The van der Waals surface area contributed by atoms with Crippen molar-refractivity contribution >= 4 is 120 Å². The summed E-state index contributed by atoms with van der Waals surface area (Å²) in [6, 6.07) is 16.8. The molecule has 0 aliphatic heterocycles. The van der Waals surface area contributed by atoms with Crippen LogP contribution >= 0.6 is 0 Å². The van der Waals surface area contributed by atoms with Crippen LogP contribution in [0.3, 0.4) is 0 Å². The molecule has 2 unspecified atom stereocenters. The first-order valence-electron chi connectivity index (χ1n) is 32.8. The smallest absolute Gasteiger partial charge is 0.273 e. The van der Waals surface area contributed by atoms with Gasteiger partial charge in [0.1, 0.15) is 0 Å². The molecular formula is C78H68N6O16. The topological polar surface area (TPSA) is 327 Å². The number of fused-ring (bicyclic) bond motifs is 24. The van der Waals surface area contributed by atoms with Gasteiger partial charge in [-0.3, -0.25) is 79.9 Å². The van der Waals surface area contributed by atoms with E-state index in [4.69, 9.17) is 0 Å². The van der Waals surface area contributed by atoms with Crippen molar-refractivity contribution in [3.63, 3.8) is 0 Å². The lowest BCUT2D eigenvalue weighted by Crippen LogP contribution is -2.16. The molecule has 0 aromatic heterocycles. The highest BCUT2D eigenvalue weighted by molar-refractivity contribution is 6.36. The highest BCUT2D eigenvalue weighted by Gasteiger charge is 2.51. The van der Waals surface area contributed by atoms with Crippen LogP contribution in [0.4, 0.5) is 34.1 Å². The summed E-state index contributed by atoms with van der Waals surface area (Å²) >= 11 is 0. The molecule has 2 aliphatic rings. The van der Waals surface area contributed by atoms with Crippen molar-refractivity contribution in [3.05, 3.63) is 230 Å². The Labute approximate surface area is 568 Å². The Morgan fingerprint density at radius 2 is 0.450 bits per heavy atom. The molecule has 12 aromatic carbocycles. The molecule has 0 saturated carbocycles. The maximum atomic E-state index is 16.4. The minimum absolute atomic E-state index is 0.0388. The van der Waals surface area contributed by atoms with Crippen molar-refractivity contribution in [2.24, 2.45) is 0 Å². The second-order valence-electron chi connectivity index (χ2n) is 33.5. The molecular weight excluding hydrogens is 1280 g/mol. The molecule has 12 aromatic rings. The fourth-order valence-corrected chi connectivity index (χ4v) is 16.9. The molecule has 14 rings (SSSR count). The molecule has 22 nitrogen and oxygen atoms in total. The van der Waals surface area contributed by atoms with Gasteiger partial charge in [0.15, 0.2) is 21.7 Å². The largest absolute Gasteiger partial charge is 0.289 e. The van der Waals surface area contributed by atoms with Crippen LogP contribution in [0, 0.1) is 60.7 Å². The Morgan fingerprint density at radius 3 is 0.670 bits per heavy atom. The quantitative estimate of drug-likeness (QED) is 0.106. The minimum Gasteiger partial charge on any atom is -0.289 e. The van der Waals surface area contributed by atoms with Crippen LogP contribution in [-0.4, -0.2) is 29.5 Å². The maximum Gasteiger partial charge on any atom is 0.273 e. The van der Waals surface area contributed by atoms with E-state index in [0.717, 1.165) is 0 Å². The molecule has 0 N–H and O–H groups in total. The first-order valence-corrected chi connectivity index (χ1v) is 32.8. The fourth-order valence-electron chi connectivity index (χ4n) is 16.9. The van der Waals surface area contributed by atoms with Crippen molar-refractivity contribution in [2.75, 3.05) is 0 Å². The van der Waals surface area contributed by atoms with Gasteiger partial charge in [-0.05, 0) is 146 Å². The summed E-state index contributed by atoms with van der Waals surface area (Å²) in [7, 11) is 0. The van der Waals surface area contributed by atoms with Crippen molar-refractivity contribution < 1.29 is 29.5 Å². The Hall–Kier alpha value is -11.2. The summed E-state index contributed by atoms with van der Waals surface area (Å²) in [5.41, 5.74) is -9.41. The zero-order valence-corrected chi connectivity index (χ0v) is 58.3. The molecule has 0 saturated heterocycles. The van der Waals surface area contributed by atoms with Gasteiger partial charge in [0.25, 0.3) is 34.1 Å². The Morgan fingerprint density at radius 1 is 0.250 bits per heavy atom. The first-order chi connectivity index (χ1) is 46.1. The Kier molecular flexibility index (Phi) is 13.4. The normalized spacial score (nSPS) is 15.1. The Balaban J connectivity index is 1.35. The first kappa shape index (κ1) is 66.1. The van der Waals surface area contributed by atoms with Crippen molar-refractivity contribution in [1.29, 1.82) is 0 Å². The predicted molar refractivity (Wildman–Crippen MR) is 389 cm³/mol. The molecule has 0 fully saturated rings. The van der Waals surface area contributed by atoms with E-state index in [-0.39, 0.29) is 164 Å². The van der Waals surface area contributed by atoms with Gasteiger partial charge in [-0.2, -0.15) is 0 Å². The van der Waals surface area contributed by atoms with Crippen molar-refractivity contribution in [2.45, 2.75) is 169 Å². The number of nitro benzene ring substituents is 6. The molecule has 506 valence electrons. The molecule has 0 spiro atoms. The van der Waals surface area contributed by atoms with Gasteiger partial charge in [0.05, 0.1) is 29.5 Å². The van der Waals surface area contributed by atoms with Gasteiger partial charge in [-0.25, -0.2) is 0 Å². The molecule has 0 heterocycles. The molecule has 0 amide bonds. The van der Waals surface area contributed by atoms with Crippen LogP contribution < -0.4 is 21.7 Å². The van der Waals surface area contributed by atoms with E-state index < -0.39 is 130 Å². The third-order valence-corrected chi connectivity index (χ3v) is 21.1. The molecule has 22 heteroatoms. The van der Waals surface area contributed by atoms with Gasteiger partial charge < -0.3 is 0 Å². The standard InChI is InChI=1S/C78H68N6O16/c1-73(2,3)43-19-31-37(25-49(43)79(89)90)55(63-57(31)65-61(35-23-47(77(13,14)15)53(83(97)98)29-41(35)71(65)87)67-59(63)33-21-45(75(7,8)9)51(81(93)94)27-39(33)69(67)85)56-38-26-50(80(91)92)44(74(4,5)6)20-32(38)58-64(56)60-34-22-46(76(10,11)12)52(82(95)96)28-40(34)70(86)68(60)62-36-24-48(78(16,17)18)54(84(99)100)30-42(36)72(88)66(58)62/h19-30,55-56H,1-18H3. The van der Waals surface area contributed by atoms with Gasteiger partial charge in [-0.1, -0.05) is 125 Å². The van der Waals surface area contributed by atoms with Crippen LogP contribution in [0.1, 0.15) is 192 Å². The van der Waals surface area contributed by atoms with Crippen LogP contribution in [0.25, 0.3) is 108 Å². The minimum atomic E-state index is -1.51. The van der Waals surface area contributed by atoms with Crippen molar-refractivity contribution in [1.82, 2.24) is 0 Å². The van der Waals surface area contributed by atoms with E-state index >= 15 is 19.2 Å². The van der Waals surface area contributed by atoms with Gasteiger partial charge >= 0.3 is 0 Å². The van der Waals surface area contributed by atoms with Crippen LogP contribution in [0.5, 0.6) is 0 Å². The molecule has 100 heavy (non-hydrogen) atoms. The van der Waals surface area contributed by atoms with Crippen LogP contribution in [-0.2, 0) is 32.5 Å². The van der Waals surface area contributed by atoms with E-state index in [9.17, 15) is 60.7 Å². The van der Waals surface area contributed by atoms with Crippen molar-refractivity contribution in [3.8, 4) is 22.3 Å². The van der Waals surface area contributed by atoms with Gasteiger partial charge in [0.2, 0.25) is 0 Å². The summed E-state index contributed by atoms with van der Waals surface area (Å²) in [6.07, 6.45) is 0. The third-order valence-electron chi connectivity index (χ3n) is 21.1. The van der Waals surface area contributed by atoms with Crippen LogP contribution in [0.15, 0.2) is 92.0 Å². The van der Waals surface area contributed by atoms with E-state index in [2.05, 4.69) is 0 Å². The lowest BCUT2D eigenvalue weighted by Gasteiger charge is -2.27. The maximum absolute atomic E-state index is 16.4. The van der Waals surface area contributed by atoms with Gasteiger partial charge in [-0.15, -0.1) is 0 Å². The Bertz CT molecular complexity index is 5840. The van der Waals surface area contributed by atoms with E-state index in [1.165, 1.54) is 48.5 Å². The number of benzene rings is 8. The average molecular weight is 1350 g/mol. The SMILES string of the molecule is CC(C)(C)c1cc2c(cc1[N+](=O)[O-])C(C1c3cc([N+](=O)[O-])c(C(C)(C)C)cc3-c3c1c1c4cc(C(C)(C)C)c([N+](=O)[O-])cc4c(=O)c1c1c3c(=O)c3cc([N+](=O)[O-])c(C(C)(C)C)cc31)c1c-2c2c(=O)c3cc([N+](=O)[O-])c(C(C)(C)C)cc3c2c2c(=O)c3cc([N+](=O)[O-])c(C(C)(C)C)cc3c12. The summed E-state index contributed by atoms with van der Waals surface area (Å²) in [5, 5.41) is 81.3. The highest BCUT2D eigenvalue weighted by atomic mass is 16.6. The second-order valence-corrected chi connectivity index (χ2v) is 33.5. The molecule has 2 aliphatic carbocycles. The summed E-state index contributed by atoms with van der Waals surface area (Å²) in [5.74, 6) is -3.01. The van der Waals surface area contributed by atoms with E-state index in [1.54, 1.807) is 149 Å². The zero-order valence-electron chi connectivity index (χ0n) is 58.3. The molecule has 0 radical (unpaired) electrons. The molecule has 2 atom stereocenters. The number of nitro groups is 6. The second kappa shape index (κ2) is 20.3. The lowest BCUT2D eigenvalue weighted by molar-refractivity contribution is -0.386. The number of hydrogen-bond acceptors (Lipinski definition) is 16. The summed E-state index contributed by atoms with van der Waals surface area (Å²) in [4.78, 5) is 144. The average Bonchev–Trinajstić information content (AvgIpc) is 1.49. The van der Waals surface area contributed by atoms with Gasteiger partial charge in [0, 0.05) is 135 Å². The molecule has 0 bridgehead atoms. The number of nitrogens with zero attached hydrogens (tertiary/aromatic N) is 6. The third kappa shape index (κ3) is 8.85. The summed E-state index contributed by atoms with van der Waals surface area (Å²) < 4.78 is 0. The highest BCUT2D eigenvalue weighted by Crippen LogP contribution is 2.67. The van der Waals surface area contributed by atoms with E-state index in [0.29, 0.717) is 0 Å². The summed E-state index contributed by atoms with van der Waals surface area (Å²) in [6.45, 7) is 31.5. The van der Waals surface area contributed by atoms with E-state index in [1.807, 2.05) is 0 Å². The fraction of sp³-hybridized carbons (Fsp3) is 0.333. The zero-order chi connectivity index (χ0) is 73.2.